The number of hydrogen-bond acceptors (Lipinski definition) is 3. The van der Waals surface area contributed by atoms with Gasteiger partial charge in [0.15, 0.2) is 0 Å². The number of nitrogens with zero attached hydrogens (tertiary/aromatic N) is 3. The van der Waals surface area contributed by atoms with Crippen LogP contribution in [0.3, 0.4) is 0 Å². The summed E-state index contributed by atoms with van der Waals surface area (Å²) in [6.45, 7) is 6.58. The van der Waals surface area contributed by atoms with Crippen molar-refractivity contribution in [2.45, 2.75) is 33.2 Å². The molecule has 1 aromatic rings. The molecule has 1 aliphatic heterocycles. The van der Waals surface area contributed by atoms with E-state index in [1.54, 1.807) is 4.90 Å². The molecular weight excluding hydrogens is 256 g/mol. The quantitative estimate of drug-likeness (QED) is 0.773. The Morgan fingerprint density at radius 2 is 2.35 bits per heavy atom. The lowest BCUT2D eigenvalue weighted by Gasteiger charge is -2.13. The number of carbonyl (C=O) groups is 2. The van der Waals surface area contributed by atoms with Gasteiger partial charge in [0.1, 0.15) is 0 Å². The zero-order valence-corrected chi connectivity index (χ0v) is 12.1. The molecule has 2 rings (SSSR count). The Morgan fingerprint density at radius 3 is 2.95 bits per heavy atom. The van der Waals surface area contributed by atoms with Crippen LogP contribution in [0.1, 0.15) is 25.3 Å². The van der Waals surface area contributed by atoms with E-state index in [9.17, 15) is 9.59 Å². The topological polar surface area (TPSA) is 67.2 Å². The monoisotopic (exact) mass is 278 g/mol. The first-order valence-electron chi connectivity index (χ1n) is 7.14. The second-order valence-corrected chi connectivity index (χ2v) is 5.26. The van der Waals surface area contributed by atoms with Gasteiger partial charge in [0.05, 0.1) is 12.1 Å². The lowest BCUT2D eigenvalue weighted by Crippen LogP contribution is -2.33. The average Bonchev–Trinajstić information content (AvgIpc) is 3.00. The highest BCUT2D eigenvalue weighted by Gasteiger charge is 2.32. The smallest absolute Gasteiger partial charge is 0.225 e. The van der Waals surface area contributed by atoms with Crippen LogP contribution >= 0.6 is 0 Å². The van der Waals surface area contributed by atoms with E-state index in [-0.39, 0.29) is 17.7 Å². The summed E-state index contributed by atoms with van der Waals surface area (Å²) in [6, 6.07) is 0. The minimum atomic E-state index is -0.186. The van der Waals surface area contributed by atoms with Gasteiger partial charge in [0.25, 0.3) is 0 Å². The fourth-order valence-corrected chi connectivity index (χ4v) is 2.44. The molecule has 6 nitrogen and oxygen atoms in total. The minimum absolute atomic E-state index is 0.00838. The van der Waals surface area contributed by atoms with E-state index in [1.807, 2.05) is 30.9 Å². The predicted molar refractivity (Wildman–Crippen MR) is 75.0 cm³/mol. The van der Waals surface area contributed by atoms with Gasteiger partial charge < -0.3 is 10.2 Å². The molecule has 1 N–H and O–H groups in total. The van der Waals surface area contributed by atoms with Crippen molar-refractivity contribution in [1.82, 2.24) is 20.0 Å². The van der Waals surface area contributed by atoms with Crippen molar-refractivity contribution < 1.29 is 9.59 Å². The first-order chi connectivity index (χ1) is 9.60. The number of aryl methyl sites for hydroxylation is 2. The molecule has 0 bridgehead atoms. The van der Waals surface area contributed by atoms with Gasteiger partial charge in [-0.3, -0.25) is 14.3 Å². The van der Waals surface area contributed by atoms with Crippen molar-refractivity contribution in [2.75, 3.05) is 19.6 Å². The second kappa shape index (κ2) is 6.54. The van der Waals surface area contributed by atoms with E-state index in [0.717, 1.165) is 18.5 Å². The summed E-state index contributed by atoms with van der Waals surface area (Å²) in [6.07, 6.45) is 4.99. The summed E-state index contributed by atoms with van der Waals surface area (Å²) < 4.78 is 1.87. The maximum atomic E-state index is 12.0. The first-order valence-corrected chi connectivity index (χ1v) is 7.14. The third-order valence-electron chi connectivity index (χ3n) is 3.59. The van der Waals surface area contributed by atoms with Gasteiger partial charge in [-0.25, -0.2) is 0 Å². The average molecular weight is 278 g/mol. The Balaban J connectivity index is 1.67. The summed E-state index contributed by atoms with van der Waals surface area (Å²) in [5, 5.41) is 7.10. The molecule has 20 heavy (non-hydrogen) atoms. The third kappa shape index (κ3) is 3.59. The van der Waals surface area contributed by atoms with Gasteiger partial charge in [-0.2, -0.15) is 5.10 Å². The zero-order chi connectivity index (χ0) is 14.5. The van der Waals surface area contributed by atoms with Crippen LogP contribution in [0.25, 0.3) is 0 Å². The van der Waals surface area contributed by atoms with Crippen LogP contribution in [0.15, 0.2) is 12.4 Å². The Hall–Kier alpha value is -1.85. The van der Waals surface area contributed by atoms with E-state index >= 15 is 0 Å². The zero-order valence-electron chi connectivity index (χ0n) is 12.1. The Labute approximate surface area is 119 Å². The number of rotatable bonds is 6. The molecule has 0 radical (unpaired) electrons. The highest BCUT2D eigenvalue weighted by molar-refractivity contribution is 5.89. The molecule has 0 aliphatic carbocycles. The number of carbonyl (C=O) groups excluding carboxylic acids is 2. The van der Waals surface area contributed by atoms with Gasteiger partial charge in [-0.1, -0.05) is 0 Å². The molecule has 0 aromatic carbocycles. The van der Waals surface area contributed by atoms with Gasteiger partial charge in [-0.15, -0.1) is 0 Å². The standard InChI is InChI=1S/C14H22N4O2/c1-3-17-10-12(7-13(17)19)14(20)15-5-4-6-18-9-11(2)8-16-18/h8-9,12H,3-7,10H2,1-2H3,(H,15,20)/t12-/m0/s1. The van der Waals surface area contributed by atoms with E-state index in [0.29, 0.717) is 26.1 Å². The van der Waals surface area contributed by atoms with E-state index in [1.165, 1.54) is 0 Å². The molecule has 2 heterocycles. The lowest BCUT2D eigenvalue weighted by atomic mass is 10.1. The van der Waals surface area contributed by atoms with E-state index in [4.69, 9.17) is 0 Å². The maximum absolute atomic E-state index is 12.0. The van der Waals surface area contributed by atoms with Crippen LogP contribution < -0.4 is 5.32 Å². The molecule has 0 saturated carbocycles. The first kappa shape index (κ1) is 14.6. The molecule has 0 unspecified atom stereocenters. The Bertz CT molecular complexity index is 483. The molecule has 1 saturated heterocycles. The number of likely N-dealkylation sites (tertiary alicyclic amines) is 1. The van der Waals surface area contributed by atoms with Gasteiger partial charge >= 0.3 is 0 Å². The fourth-order valence-electron chi connectivity index (χ4n) is 2.44. The highest BCUT2D eigenvalue weighted by atomic mass is 16.2. The molecule has 1 fully saturated rings. The number of amides is 2. The van der Waals surface area contributed by atoms with Crippen molar-refractivity contribution in [3.8, 4) is 0 Å². The third-order valence-corrected chi connectivity index (χ3v) is 3.59. The molecule has 1 atom stereocenters. The van der Waals surface area contributed by atoms with Crippen LogP contribution in [-0.2, 0) is 16.1 Å². The normalized spacial score (nSPS) is 18.6. The van der Waals surface area contributed by atoms with Gasteiger partial charge in [-0.05, 0) is 25.8 Å². The molecule has 1 aliphatic rings. The van der Waals surface area contributed by atoms with Crippen molar-refractivity contribution in [3.63, 3.8) is 0 Å². The van der Waals surface area contributed by atoms with E-state index in [2.05, 4.69) is 10.4 Å². The number of nitrogens with one attached hydrogen (secondary N) is 1. The van der Waals surface area contributed by atoms with Crippen LogP contribution in [-0.4, -0.2) is 46.1 Å². The summed E-state index contributed by atoms with van der Waals surface area (Å²) in [5.74, 6) is -0.111. The van der Waals surface area contributed by atoms with Crippen LogP contribution in [0.4, 0.5) is 0 Å². The molecule has 110 valence electrons. The van der Waals surface area contributed by atoms with Crippen LogP contribution in [0, 0.1) is 12.8 Å². The summed E-state index contributed by atoms with van der Waals surface area (Å²) in [4.78, 5) is 25.3. The predicted octanol–water partition coefficient (Wildman–Crippen LogP) is 0.566. The van der Waals surface area contributed by atoms with Crippen LogP contribution in [0.2, 0.25) is 0 Å². The fraction of sp³-hybridized carbons (Fsp3) is 0.643. The second-order valence-electron chi connectivity index (χ2n) is 5.26. The number of hydrogen-bond donors (Lipinski definition) is 1. The molecule has 6 heteroatoms. The Kier molecular flexibility index (Phi) is 4.76. The van der Waals surface area contributed by atoms with Gasteiger partial charge in [0, 0.05) is 38.8 Å². The van der Waals surface area contributed by atoms with Crippen molar-refractivity contribution in [3.05, 3.63) is 18.0 Å². The van der Waals surface area contributed by atoms with Gasteiger partial charge in [0.2, 0.25) is 11.8 Å². The largest absolute Gasteiger partial charge is 0.356 e. The summed E-state index contributed by atoms with van der Waals surface area (Å²) in [5.41, 5.74) is 1.14. The number of aromatic nitrogens is 2. The van der Waals surface area contributed by atoms with Crippen LogP contribution in [0.5, 0.6) is 0 Å². The lowest BCUT2D eigenvalue weighted by molar-refractivity contribution is -0.128. The minimum Gasteiger partial charge on any atom is -0.356 e. The SMILES string of the molecule is CCN1C[C@@H](C(=O)NCCCn2cc(C)cn2)CC1=O. The Morgan fingerprint density at radius 1 is 1.55 bits per heavy atom. The highest BCUT2D eigenvalue weighted by Crippen LogP contribution is 2.17. The van der Waals surface area contributed by atoms with Crippen molar-refractivity contribution >= 4 is 11.8 Å². The van der Waals surface area contributed by atoms with Crippen molar-refractivity contribution in [1.29, 1.82) is 0 Å². The summed E-state index contributed by atoms with van der Waals surface area (Å²) >= 11 is 0. The van der Waals surface area contributed by atoms with Crippen molar-refractivity contribution in [2.24, 2.45) is 5.92 Å². The van der Waals surface area contributed by atoms with E-state index < -0.39 is 0 Å². The molecule has 0 spiro atoms. The molecule has 2 amide bonds. The summed E-state index contributed by atoms with van der Waals surface area (Å²) in [7, 11) is 0. The molecular formula is C14H22N4O2. The maximum Gasteiger partial charge on any atom is 0.225 e. The molecule has 1 aromatic heterocycles.